The van der Waals surface area contributed by atoms with Crippen molar-refractivity contribution in [3.05, 3.63) is 72.3 Å². The first-order chi connectivity index (χ1) is 25.7. The van der Waals surface area contributed by atoms with Crippen molar-refractivity contribution in [1.82, 2.24) is 0 Å². The van der Waals surface area contributed by atoms with Crippen LogP contribution in [0.1, 0.15) is 81.5 Å². The second kappa shape index (κ2) is 25.8. The Hall–Kier alpha value is -4.03. The monoisotopic (exact) mass is 720 g/mol. The number of azo groups is 1. The summed E-state index contributed by atoms with van der Waals surface area (Å²) in [7, 11) is 0. The fourth-order valence-corrected chi connectivity index (χ4v) is 5.30. The number of unbranched alkanes of at least 4 members (excludes halogenated alkanes) is 9. The minimum atomic E-state index is -0.535. The first-order valence-corrected chi connectivity index (χ1v) is 18.9. The number of ether oxygens (including phenoxy) is 8. The maximum atomic E-state index is 13.0. The van der Waals surface area contributed by atoms with Gasteiger partial charge in [-0.3, -0.25) is 0 Å². The van der Waals surface area contributed by atoms with E-state index in [0.29, 0.717) is 88.0 Å². The molecule has 3 aromatic carbocycles. The zero-order valence-corrected chi connectivity index (χ0v) is 30.8. The van der Waals surface area contributed by atoms with E-state index in [4.69, 9.17) is 37.9 Å². The van der Waals surface area contributed by atoms with Gasteiger partial charge in [-0.05, 0) is 73.2 Å². The van der Waals surface area contributed by atoms with Gasteiger partial charge in [0, 0.05) is 0 Å². The van der Waals surface area contributed by atoms with Crippen molar-refractivity contribution in [2.24, 2.45) is 10.2 Å². The summed E-state index contributed by atoms with van der Waals surface area (Å²) in [5, 5.41) is 8.65. The van der Waals surface area contributed by atoms with Crippen molar-refractivity contribution in [2.45, 2.75) is 71.1 Å². The zero-order chi connectivity index (χ0) is 36.3. The van der Waals surface area contributed by atoms with E-state index >= 15 is 0 Å². The summed E-state index contributed by atoms with van der Waals surface area (Å²) in [6.45, 7) is 7.10. The Bertz CT molecular complexity index is 1420. The number of benzene rings is 3. The van der Waals surface area contributed by atoms with Gasteiger partial charge in [-0.2, -0.15) is 10.2 Å². The number of fused-ring (bicyclic) bond motifs is 1. The van der Waals surface area contributed by atoms with Crippen LogP contribution in [0.3, 0.4) is 0 Å². The highest BCUT2D eigenvalue weighted by atomic mass is 16.6. The maximum absolute atomic E-state index is 13.0. The fraction of sp³-hybridized carbons (Fsp3) is 0.537. The summed E-state index contributed by atoms with van der Waals surface area (Å²) in [5.41, 5.74) is 1.66. The molecule has 0 aromatic heterocycles. The standard InChI is InChI=1S/C41H56N2O9/c1-2-3-4-5-6-7-8-9-10-11-22-49-37-17-13-35(14-18-37)42-43-36-15-19-38(20-16-36)52-41(44)34-12-21-39-40(33-34)51-32-30-48-28-26-46-24-23-45-25-27-47-29-31-50-39/h12-21,33H,2-11,22-32H2,1H3. The van der Waals surface area contributed by atoms with Gasteiger partial charge >= 0.3 is 5.97 Å². The lowest BCUT2D eigenvalue weighted by Gasteiger charge is -2.15. The highest BCUT2D eigenvalue weighted by Gasteiger charge is 2.15. The topological polar surface area (TPSA) is 116 Å². The Morgan fingerprint density at radius 1 is 0.538 bits per heavy atom. The highest BCUT2D eigenvalue weighted by Crippen LogP contribution is 2.30. The maximum Gasteiger partial charge on any atom is 0.343 e. The molecule has 52 heavy (non-hydrogen) atoms. The molecule has 1 heterocycles. The molecule has 0 fully saturated rings. The second-order valence-corrected chi connectivity index (χ2v) is 12.4. The minimum absolute atomic E-state index is 0.266. The molecule has 0 saturated carbocycles. The van der Waals surface area contributed by atoms with Crippen molar-refractivity contribution in [3.8, 4) is 23.0 Å². The van der Waals surface area contributed by atoms with Gasteiger partial charge < -0.3 is 37.9 Å². The molecule has 4 rings (SSSR count). The quantitative estimate of drug-likeness (QED) is 0.0618. The molecule has 1 aliphatic heterocycles. The van der Waals surface area contributed by atoms with Crippen LogP contribution in [0.4, 0.5) is 11.4 Å². The molecule has 0 N–H and O–H groups in total. The smallest absolute Gasteiger partial charge is 0.343 e. The van der Waals surface area contributed by atoms with E-state index in [1.165, 1.54) is 57.8 Å². The Morgan fingerprint density at radius 2 is 1.00 bits per heavy atom. The van der Waals surface area contributed by atoms with E-state index in [1.54, 1.807) is 42.5 Å². The summed E-state index contributed by atoms with van der Waals surface area (Å²) >= 11 is 0. The number of rotatable bonds is 16. The summed E-state index contributed by atoms with van der Waals surface area (Å²) in [5.74, 6) is 1.57. The molecule has 0 spiro atoms. The fourth-order valence-electron chi connectivity index (χ4n) is 5.30. The van der Waals surface area contributed by atoms with Gasteiger partial charge in [0.2, 0.25) is 0 Å². The van der Waals surface area contributed by atoms with E-state index in [2.05, 4.69) is 17.2 Å². The molecule has 0 saturated heterocycles. The predicted octanol–water partition coefficient (Wildman–Crippen LogP) is 9.46. The van der Waals surface area contributed by atoms with Crippen LogP contribution >= 0.6 is 0 Å². The van der Waals surface area contributed by atoms with E-state index in [1.807, 2.05) is 24.3 Å². The number of nitrogens with zero attached hydrogens (tertiary/aromatic N) is 2. The molecular formula is C41H56N2O9. The molecule has 284 valence electrons. The summed E-state index contributed by atoms with van der Waals surface area (Å²) in [4.78, 5) is 13.0. The Labute approximate surface area is 308 Å². The predicted molar refractivity (Wildman–Crippen MR) is 200 cm³/mol. The van der Waals surface area contributed by atoms with E-state index < -0.39 is 5.97 Å². The highest BCUT2D eigenvalue weighted by molar-refractivity contribution is 5.91. The SMILES string of the molecule is CCCCCCCCCCCCOc1ccc(N=Nc2ccc(OC(=O)c3ccc4c(c3)OCCOCCOCCOCCOCCO4)cc2)cc1. The van der Waals surface area contributed by atoms with Gasteiger partial charge in [-0.1, -0.05) is 64.7 Å². The van der Waals surface area contributed by atoms with Gasteiger partial charge in [0.15, 0.2) is 11.5 Å². The molecule has 0 aliphatic carbocycles. The van der Waals surface area contributed by atoms with Crippen molar-refractivity contribution >= 4 is 17.3 Å². The lowest BCUT2D eigenvalue weighted by Crippen LogP contribution is -2.16. The Morgan fingerprint density at radius 3 is 1.54 bits per heavy atom. The van der Waals surface area contributed by atoms with E-state index in [-0.39, 0.29) is 6.61 Å². The summed E-state index contributed by atoms with van der Waals surface area (Å²) in [6, 6.07) is 19.4. The third kappa shape index (κ3) is 17.0. The zero-order valence-electron chi connectivity index (χ0n) is 30.8. The number of carbonyl (C=O) groups is 1. The van der Waals surface area contributed by atoms with Crippen LogP contribution in [0.15, 0.2) is 77.0 Å². The van der Waals surface area contributed by atoms with Gasteiger partial charge in [0.1, 0.15) is 24.7 Å². The lowest BCUT2D eigenvalue weighted by molar-refractivity contribution is -0.00842. The number of carbonyl (C=O) groups excluding carboxylic acids is 1. The van der Waals surface area contributed by atoms with Crippen LogP contribution in [-0.2, 0) is 18.9 Å². The lowest BCUT2D eigenvalue weighted by atomic mass is 10.1. The minimum Gasteiger partial charge on any atom is -0.494 e. The van der Waals surface area contributed by atoms with Crippen molar-refractivity contribution in [1.29, 1.82) is 0 Å². The Kier molecular flexibility index (Phi) is 20.2. The van der Waals surface area contributed by atoms with Gasteiger partial charge in [0.25, 0.3) is 0 Å². The second-order valence-electron chi connectivity index (χ2n) is 12.4. The largest absolute Gasteiger partial charge is 0.494 e. The Balaban J connectivity index is 1.19. The normalized spacial score (nSPS) is 15.1. The van der Waals surface area contributed by atoms with Crippen LogP contribution in [-0.4, -0.2) is 78.6 Å². The molecular weight excluding hydrogens is 664 g/mol. The molecule has 0 unspecified atom stereocenters. The van der Waals surface area contributed by atoms with E-state index in [0.717, 1.165) is 24.5 Å². The molecule has 1 aliphatic rings. The van der Waals surface area contributed by atoms with E-state index in [9.17, 15) is 4.79 Å². The number of esters is 1. The van der Waals surface area contributed by atoms with Gasteiger partial charge in [0.05, 0.1) is 76.4 Å². The number of hydrogen-bond donors (Lipinski definition) is 0. The van der Waals surface area contributed by atoms with Crippen LogP contribution in [0.5, 0.6) is 23.0 Å². The van der Waals surface area contributed by atoms with Crippen LogP contribution in [0.25, 0.3) is 0 Å². The summed E-state index contributed by atoms with van der Waals surface area (Å²) in [6.07, 6.45) is 13.0. The first kappa shape index (κ1) is 40.7. The average molecular weight is 721 g/mol. The van der Waals surface area contributed by atoms with Gasteiger partial charge in [-0.25, -0.2) is 4.79 Å². The van der Waals surface area contributed by atoms with Crippen LogP contribution < -0.4 is 18.9 Å². The third-order valence-corrected chi connectivity index (χ3v) is 8.20. The van der Waals surface area contributed by atoms with Gasteiger partial charge in [-0.15, -0.1) is 0 Å². The van der Waals surface area contributed by atoms with Crippen LogP contribution in [0, 0.1) is 0 Å². The molecule has 11 heteroatoms. The third-order valence-electron chi connectivity index (χ3n) is 8.20. The molecule has 11 nitrogen and oxygen atoms in total. The average Bonchev–Trinajstić information content (AvgIpc) is 3.17. The molecule has 0 radical (unpaired) electrons. The van der Waals surface area contributed by atoms with Crippen molar-refractivity contribution in [3.63, 3.8) is 0 Å². The number of hydrogen-bond acceptors (Lipinski definition) is 11. The molecule has 0 atom stereocenters. The van der Waals surface area contributed by atoms with Crippen molar-refractivity contribution < 1.29 is 42.7 Å². The van der Waals surface area contributed by atoms with Crippen molar-refractivity contribution in [2.75, 3.05) is 72.7 Å². The molecule has 3 aromatic rings. The summed E-state index contributed by atoms with van der Waals surface area (Å²) < 4.78 is 45.4. The molecule has 0 bridgehead atoms. The molecule has 0 amide bonds. The van der Waals surface area contributed by atoms with Crippen LogP contribution in [0.2, 0.25) is 0 Å². The first-order valence-electron chi connectivity index (χ1n) is 18.9.